The van der Waals surface area contributed by atoms with Gasteiger partial charge in [0.15, 0.2) is 5.82 Å². The van der Waals surface area contributed by atoms with Gasteiger partial charge in [-0.1, -0.05) is 39.7 Å². The third kappa shape index (κ3) is 3.78. The molecule has 1 aromatic heterocycles. The third-order valence-electron chi connectivity index (χ3n) is 3.78. The number of rotatable bonds is 4. The van der Waals surface area contributed by atoms with Crippen LogP contribution in [0.15, 0.2) is 57.9 Å². The van der Waals surface area contributed by atoms with Crippen molar-refractivity contribution in [2.45, 2.75) is 13.0 Å². The first kappa shape index (κ1) is 18.5. The van der Waals surface area contributed by atoms with Crippen molar-refractivity contribution in [3.05, 3.63) is 85.7 Å². The van der Waals surface area contributed by atoms with E-state index in [1.807, 2.05) is 31.2 Å². The number of anilines is 1. The number of hydrogen-bond donors (Lipinski definition) is 1. The lowest BCUT2D eigenvalue weighted by atomic mass is 10.1. The van der Waals surface area contributed by atoms with E-state index in [0.29, 0.717) is 11.8 Å². The summed E-state index contributed by atoms with van der Waals surface area (Å²) in [6.07, 6.45) is 1.33. The van der Waals surface area contributed by atoms with E-state index >= 15 is 0 Å². The van der Waals surface area contributed by atoms with Crippen molar-refractivity contribution < 1.29 is 8.78 Å². The van der Waals surface area contributed by atoms with E-state index in [9.17, 15) is 13.6 Å². The van der Waals surface area contributed by atoms with Crippen LogP contribution in [0.5, 0.6) is 0 Å². The zero-order chi connectivity index (χ0) is 18.8. The molecule has 2 aromatic carbocycles. The second-order valence-corrected chi connectivity index (χ2v) is 6.90. The van der Waals surface area contributed by atoms with Crippen LogP contribution in [-0.4, -0.2) is 9.78 Å². The Morgan fingerprint density at radius 1 is 1.23 bits per heavy atom. The summed E-state index contributed by atoms with van der Waals surface area (Å²) in [7, 11) is 0. The van der Waals surface area contributed by atoms with Gasteiger partial charge in [-0.3, -0.25) is 4.79 Å². The van der Waals surface area contributed by atoms with Gasteiger partial charge < -0.3 is 5.32 Å². The molecule has 0 spiro atoms. The molecule has 0 saturated heterocycles. The predicted octanol–water partition coefficient (Wildman–Crippen LogP) is 5.10. The van der Waals surface area contributed by atoms with Crippen LogP contribution >= 0.6 is 27.5 Å². The van der Waals surface area contributed by atoms with Gasteiger partial charge in [0.05, 0.1) is 11.9 Å². The highest BCUT2D eigenvalue weighted by atomic mass is 79.9. The molecular formula is C18H13BrClF2N3O. The maximum absolute atomic E-state index is 13.9. The zero-order valence-electron chi connectivity index (χ0n) is 13.5. The van der Waals surface area contributed by atoms with Crippen LogP contribution in [0.25, 0.3) is 5.69 Å². The highest BCUT2D eigenvalue weighted by Crippen LogP contribution is 2.25. The number of hydrogen-bond acceptors (Lipinski definition) is 3. The van der Waals surface area contributed by atoms with Crippen LogP contribution < -0.4 is 10.9 Å². The van der Waals surface area contributed by atoms with Crippen LogP contribution in [0.3, 0.4) is 0 Å². The van der Waals surface area contributed by atoms with Gasteiger partial charge in [-0.2, -0.15) is 9.78 Å². The van der Waals surface area contributed by atoms with Crippen LogP contribution in [0.1, 0.15) is 18.5 Å². The second-order valence-electron chi connectivity index (χ2n) is 5.61. The fraction of sp³-hybridized carbons (Fsp3) is 0.111. The standard InChI is InChI=1S/C18H13BrClF2N3O/c1-10(11-3-2-4-12(19)7-11)24-15-9-23-25(18(26)17(15)20)16-6-5-13(21)8-14(16)22/h2-10,24H,1H3. The Hall–Kier alpha value is -2.25. The monoisotopic (exact) mass is 439 g/mol. The van der Waals surface area contributed by atoms with E-state index in [0.717, 1.165) is 26.9 Å². The molecule has 0 aliphatic carbocycles. The topological polar surface area (TPSA) is 46.9 Å². The maximum Gasteiger partial charge on any atom is 0.292 e. The Morgan fingerprint density at radius 2 is 2.00 bits per heavy atom. The van der Waals surface area contributed by atoms with Crippen LogP contribution in [-0.2, 0) is 0 Å². The molecule has 3 aromatic rings. The van der Waals surface area contributed by atoms with Crippen molar-refractivity contribution in [1.29, 1.82) is 0 Å². The second kappa shape index (κ2) is 7.55. The summed E-state index contributed by atoms with van der Waals surface area (Å²) in [6, 6.07) is 10.4. The van der Waals surface area contributed by atoms with E-state index in [2.05, 4.69) is 26.3 Å². The first-order chi connectivity index (χ1) is 12.4. The molecule has 0 amide bonds. The third-order valence-corrected chi connectivity index (χ3v) is 4.64. The Bertz CT molecular complexity index is 1030. The van der Waals surface area contributed by atoms with Crippen molar-refractivity contribution in [2.75, 3.05) is 5.32 Å². The lowest BCUT2D eigenvalue weighted by Gasteiger charge is -2.17. The maximum atomic E-state index is 13.9. The Morgan fingerprint density at radius 3 is 2.69 bits per heavy atom. The van der Waals surface area contributed by atoms with Crippen LogP contribution in [0.4, 0.5) is 14.5 Å². The molecule has 0 aliphatic rings. The number of nitrogens with one attached hydrogen (secondary N) is 1. The van der Waals surface area contributed by atoms with E-state index < -0.39 is 17.2 Å². The number of benzene rings is 2. The minimum Gasteiger partial charge on any atom is -0.376 e. The number of nitrogens with zero attached hydrogens (tertiary/aromatic N) is 2. The first-order valence-corrected chi connectivity index (χ1v) is 8.79. The molecule has 3 rings (SSSR count). The summed E-state index contributed by atoms with van der Waals surface area (Å²) in [4.78, 5) is 12.5. The highest BCUT2D eigenvalue weighted by Gasteiger charge is 2.16. The average Bonchev–Trinajstić information content (AvgIpc) is 2.60. The summed E-state index contributed by atoms with van der Waals surface area (Å²) in [5.41, 5.74) is 0.417. The molecule has 0 bridgehead atoms. The summed E-state index contributed by atoms with van der Waals surface area (Å²) in [6.45, 7) is 1.91. The van der Waals surface area contributed by atoms with Gasteiger partial charge >= 0.3 is 0 Å². The zero-order valence-corrected chi connectivity index (χ0v) is 15.9. The van der Waals surface area contributed by atoms with Crippen molar-refractivity contribution in [3.63, 3.8) is 0 Å². The molecule has 4 nitrogen and oxygen atoms in total. The van der Waals surface area contributed by atoms with Gasteiger partial charge in [-0.25, -0.2) is 8.78 Å². The van der Waals surface area contributed by atoms with Gasteiger partial charge in [-0.05, 0) is 36.8 Å². The van der Waals surface area contributed by atoms with Crippen molar-refractivity contribution in [1.82, 2.24) is 9.78 Å². The molecular weight excluding hydrogens is 428 g/mol. The predicted molar refractivity (Wildman–Crippen MR) is 101 cm³/mol. The molecule has 0 fully saturated rings. The fourth-order valence-electron chi connectivity index (χ4n) is 2.45. The van der Waals surface area contributed by atoms with Gasteiger partial charge in [0, 0.05) is 16.6 Å². The molecule has 0 saturated carbocycles. The summed E-state index contributed by atoms with van der Waals surface area (Å²) in [5, 5.41) is 6.93. The Balaban J connectivity index is 1.94. The normalized spacial score (nSPS) is 12.0. The molecule has 1 N–H and O–H groups in total. The fourth-order valence-corrected chi connectivity index (χ4v) is 3.05. The Labute approximate surface area is 161 Å². The molecule has 8 heteroatoms. The average molecular weight is 441 g/mol. The van der Waals surface area contributed by atoms with E-state index in [4.69, 9.17) is 11.6 Å². The van der Waals surface area contributed by atoms with Crippen molar-refractivity contribution in [3.8, 4) is 5.69 Å². The lowest BCUT2D eigenvalue weighted by molar-refractivity contribution is 0.570. The summed E-state index contributed by atoms with van der Waals surface area (Å²) in [5.74, 6) is -1.65. The van der Waals surface area contributed by atoms with Crippen LogP contribution in [0.2, 0.25) is 5.02 Å². The van der Waals surface area contributed by atoms with Gasteiger partial charge in [0.1, 0.15) is 16.5 Å². The molecule has 0 aliphatic heterocycles. The quantitative estimate of drug-likeness (QED) is 0.614. The largest absolute Gasteiger partial charge is 0.376 e. The van der Waals surface area contributed by atoms with E-state index in [1.54, 1.807) is 0 Å². The summed E-state index contributed by atoms with van der Waals surface area (Å²) < 4.78 is 28.7. The smallest absolute Gasteiger partial charge is 0.292 e. The Kier molecular flexibility index (Phi) is 5.38. The number of aromatic nitrogens is 2. The molecule has 1 unspecified atom stereocenters. The minimum absolute atomic E-state index is 0.134. The SMILES string of the molecule is CC(Nc1cnn(-c2ccc(F)cc2F)c(=O)c1Cl)c1cccc(Br)c1. The van der Waals surface area contributed by atoms with E-state index in [1.165, 1.54) is 6.20 Å². The van der Waals surface area contributed by atoms with Crippen molar-refractivity contribution >= 4 is 33.2 Å². The molecule has 0 radical (unpaired) electrons. The van der Waals surface area contributed by atoms with Crippen molar-refractivity contribution in [2.24, 2.45) is 0 Å². The molecule has 1 atom stereocenters. The summed E-state index contributed by atoms with van der Waals surface area (Å²) >= 11 is 9.56. The van der Waals surface area contributed by atoms with E-state index in [-0.39, 0.29) is 16.8 Å². The highest BCUT2D eigenvalue weighted by molar-refractivity contribution is 9.10. The van der Waals surface area contributed by atoms with Gasteiger partial charge in [-0.15, -0.1) is 0 Å². The molecule has 1 heterocycles. The molecule has 26 heavy (non-hydrogen) atoms. The first-order valence-electron chi connectivity index (χ1n) is 7.62. The number of halogens is 4. The van der Waals surface area contributed by atoms with Crippen LogP contribution in [0, 0.1) is 11.6 Å². The molecule has 134 valence electrons. The van der Waals surface area contributed by atoms with Gasteiger partial charge in [0.25, 0.3) is 5.56 Å². The lowest BCUT2D eigenvalue weighted by Crippen LogP contribution is -2.24. The van der Waals surface area contributed by atoms with Gasteiger partial charge in [0.2, 0.25) is 0 Å². The minimum atomic E-state index is -0.904.